The normalized spacial score (nSPS) is 14.3. The van der Waals surface area contributed by atoms with Crippen LogP contribution in [0.5, 0.6) is 0 Å². The monoisotopic (exact) mass is 557 g/mol. The lowest BCUT2D eigenvalue weighted by Crippen LogP contribution is -2.28. The van der Waals surface area contributed by atoms with Crippen molar-refractivity contribution < 1.29 is 9.53 Å². The molecule has 6 aromatic rings. The lowest BCUT2D eigenvalue weighted by molar-refractivity contribution is 0.0930. The fraction of sp³-hybridized carbons (Fsp3) is 0.161. The van der Waals surface area contributed by atoms with Gasteiger partial charge in [-0.05, 0) is 78.6 Å². The van der Waals surface area contributed by atoms with E-state index in [-0.39, 0.29) is 18.6 Å². The second-order valence-corrected chi connectivity index (χ2v) is 10.0. The topological polar surface area (TPSA) is 139 Å². The number of anilines is 1. The minimum Gasteiger partial charge on any atom is -0.383 e. The van der Waals surface area contributed by atoms with Crippen molar-refractivity contribution in [1.29, 1.82) is 0 Å². The minimum atomic E-state index is -0.164. The largest absolute Gasteiger partial charge is 0.383 e. The van der Waals surface area contributed by atoms with Crippen LogP contribution in [0.1, 0.15) is 39.6 Å². The second kappa shape index (κ2) is 10.5. The maximum absolute atomic E-state index is 13.2. The number of nitrogens with two attached hydrogens (primary N) is 1. The summed E-state index contributed by atoms with van der Waals surface area (Å²) in [4.78, 5) is 31.7. The molecule has 0 fully saturated rings. The number of carbonyl (C=O) groups is 1. The van der Waals surface area contributed by atoms with Crippen molar-refractivity contribution in [2.24, 2.45) is 0 Å². The molecule has 3 N–H and O–H groups in total. The molecule has 11 nitrogen and oxygen atoms in total. The summed E-state index contributed by atoms with van der Waals surface area (Å²) in [6.45, 7) is 0.271. The predicted molar refractivity (Wildman–Crippen MR) is 157 cm³/mol. The Morgan fingerprint density at radius 1 is 1.05 bits per heavy atom. The fourth-order valence-corrected chi connectivity index (χ4v) is 5.54. The van der Waals surface area contributed by atoms with Crippen LogP contribution in [-0.4, -0.2) is 47.3 Å². The number of rotatable bonds is 7. The van der Waals surface area contributed by atoms with Gasteiger partial charge in [0.25, 0.3) is 5.91 Å². The van der Waals surface area contributed by atoms with Gasteiger partial charge in [-0.2, -0.15) is 5.10 Å². The standard InChI is InChI=1S/C31H27N9O2/c1-42-18-26-22(5-2-13-33-26)31(41)37-24-10-7-19-17-20(8-9-21(19)24)40-29(23-6-3-14-34-28(23)32)36-25-11-12-27(38-30(25)40)39-16-4-15-35-39/h2-6,8-9,11-17,24H,7,10,18H2,1H3,(H2,32,34)(H,37,41)/t24-/m0/s1. The molecular weight excluding hydrogens is 530 g/mol. The van der Waals surface area contributed by atoms with Gasteiger partial charge in [-0.1, -0.05) is 6.07 Å². The van der Waals surface area contributed by atoms with Crippen molar-refractivity contribution in [3.8, 4) is 22.9 Å². The molecule has 0 unspecified atom stereocenters. The number of fused-ring (bicyclic) bond motifs is 2. The van der Waals surface area contributed by atoms with Gasteiger partial charge in [-0.15, -0.1) is 0 Å². The van der Waals surface area contributed by atoms with Crippen LogP contribution in [0.15, 0.2) is 85.5 Å². The summed E-state index contributed by atoms with van der Waals surface area (Å²) < 4.78 is 8.95. The van der Waals surface area contributed by atoms with Crippen LogP contribution >= 0.6 is 0 Å². The first kappa shape index (κ1) is 25.5. The Kier molecular flexibility index (Phi) is 6.40. The molecule has 5 heterocycles. The van der Waals surface area contributed by atoms with E-state index in [0.29, 0.717) is 39.9 Å². The van der Waals surface area contributed by atoms with Gasteiger partial charge in [0.2, 0.25) is 0 Å². The van der Waals surface area contributed by atoms with E-state index in [1.807, 2.05) is 47.2 Å². The number of nitrogens with zero attached hydrogens (tertiary/aromatic N) is 7. The number of ether oxygens (including phenoxy) is 1. The Bertz CT molecular complexity index is 1930. The van der Waals surface area contributed by atoms with Crippen molar-refractivity contribution in [3.05, 3.63) is 108 Å². The summed E-state index contributed by atoms with van der Waals surface area (Å²) in [7, 11) is 1.59. The van der Waals surface area contributed by atoms with E-state index >= 15 is 0 Å². The molecule has 0 aliphatic heterocycles. The molecule has 5 aromatic heterocycles. The highest BCUT2D eigenvalue weighted by atomic mass is 16.5. The number of pyridine rings is 3. The number of hydrogen-bond acceptors (Lipinski definition) is 8. The predicted octanol–water partition coefficient (Wildman–Crippen LogP) is 4.21. The molecule has 11 heteroatoms. The second-order valence-electron chi connectivity index (χ2n) is 10.0. The number of amides is 1. The van der Waals surface area contributed by atoms with Crippen molar-refractivity contribution >= 4 is 22.9 Å². The van der Waals surface area contributed by atoms with Crippen LogP contribution in [-0.2, 0) is 17.8 Å². The number of carbonyl (C=O) groups excluding carboxylic acids is 1. The number of aromatic nitrogens is 7. The first-order valence-electron chi connectivity index (χ1n) is 13.6. The minimum absolute atomic E-state index is 0.116. The van der Waals surface area contributed by atoms with Crippen molar-refractivity contribution in [2.75, 3.05) is 12.8 Å². The van der Waals surface area contributed by atoms with E-state index in [0.717, 1.165) is 35.2 Å². The molecule has 0 saturated heterocycles. The zero-order chi connectivity index (χ0) is 28.6. The van der Waals surface area contributed by atoms with Gasteiger partial charge >= 0.3 is 0 Å². The summed E-state index contributed by atoms with van der Waals surface area (Å²) in [5, 5.41) is 7.54. The van der Waals surface area contributed by atoms with E-state index in [4.69, 9.17) is 20.4 Å². The highest BCUT2D eigenvalue weighted by Gasteiger charge is 2.27. The van der Waals surface area contributed by atoms with E-state index in [9.17, 15) is 4.79 Å². The Morgan fingerprint density at radius 2 is 1.93 bits per heavy atom. The Morgan fingerprint density at radius 3 is 2.76 bits per heavy atom. The lowest BCUT2D eigenvalue weighted by Gasteiger charge is -2.16. The average molecular weight is 558 g/mol. The summed E-state index contributed by atoms with van der Waals surface area (Å²) in [6, 6.07) is 19.1. The van der Waals surface area contributed by atoms with Crippen LogP contribution in [0, 0.1) is 0 Å². The molecule has 0 spiro atoms. The SMILES string of the molecule is COCc1ncccc1C(=O)N[C@H]1CCc2cc(-n3c(-c4cccnc4N)nc4ccc(-n5cccn5)nc43)ccc21. The Hall–Kier alpha value is -5.42. The smallest absolute Gasteiger partial charge is 0.253 e. The van der Waals surface area contributed by atoms with Crippen molar-refractivity contribution in [2.45, 2.75) is 25.5 Å². The first-order chi connectivity index (χ1) is 20.6. The van der Waals surface area contributed by atoms with Gasteiger partial charge < -0.3 is 15.8 Å². The molecule has 1 atom stereocenters. The third kappa shape index (κ3) is 4.45. The molecule has 1 aliphatic rings. The van der Waals surface area contributed by atoms with E-state index in [2.05, 4.69) is 32.5 Å². The van der Waals surface area contributed by atoms with Crippen molar-refractivity contribution in [3.63, 3.8) is 0 Å². The van der Waals surface area contributed by atoms with E-state index < -0.39 is 0 Å². The summed E-state index contributed by atoms with van der Waals surface area (Å²) in [6.07, 6.45) is 8.50. The molecule has 0 bridgehead atoms. The maximum atomic E-state index is 13.2. The quantitative estimate of drug-likeness (QED) is 0.298. The summed E-state index contributed by atoms with van der Waals surface area (Å²) >= 11 is 0. The van der Waals surface area contributed by atoms with Crippen LogP contribution < -0.4 is 11.1 Å². The van der Waals surface area contributed by atoms with Crippen LogP contribution in [0.3, 0.4) is 0 Å². The average Bonchev–Trinajstić information content (AvgIpc) is 3.76. The number of benzene rings is 1. The van der Waals surface area contributed by atoms with Gasteiger partial charge in [0, 0.05) is 37.6 Å². The number of methoxy groups -OCH3 is 1. The molecule has 42 heavy (non-hydrogen) atoms. The molecule has 0 saturated carbocycles. The van der Waals surface area contributed by atoms with E-state index in [1.165, 1.54) is 0 Å². The lowest BCUT2D eigenvalue weighted by atomic mass is 10.1. The fourth-order valence-electron chi connectivity index (χ4n) is 5.54. The number of hydrogen-bond donors (Lipinski definition) is 2. The number of nitrogens with one attached hydrogen (secondary N) is 1. The maximum Gasteiger partial charge on any atom is 0.253 e. The third-order valence-electron chi connectivity index (χ3n) is 7.49. The van der Waals surface area contributed by atoms with Gasteiger partial charge in [-0.25, -0.2) is 19.6 Å². The van der Waals surface area contributed by atoms with Crippen LogP contribution in [0.2, 0.25) is 0 Å². The van der Waals surface area contributed by atoms with E-state index in [1.54, 1.807) is 42.5 Å². The first-order valence-corrected chi connectivity index (χ1v) is 13.6. The highest BCUT2D eigenvalue weighted by molar-refractivity contribution is 5.95. The highest BCUT2D eigenvalue weighted by Crippen LogP contribution is 2.36. The van der Waals surface area contributed by atoms with Gasteiger partial charge in [0.15, 0.2) is 17.3 Å². The van der Waals surface area contributed by atoms with Gasteiger partial charge in [-0.3, -0.25) is 14.3 Å². The molecule has 1 amide bonds. The Balaban J connectivity index is 1.29. The number of nitrogen functional groups attached to an aromatic ring is 1. The van der Waals surface area contributed by atoms with Gasteiger partial charge in [0.1, 0.15) is 11.3 Å². The molecule has 0 radical (unpaired) electrons. The number of aryl methyl sites for hydroxylation is 1. The molecule has 1 aliphatic carbocycles. The molecular formula is C31H27N9O2. The zero-order valence-corrected chi connectivity index (χ0v) is 22.8. The molecule has 1 aromatic carbocycles. The molecule has 7 rings (SSSR count). The zero-order valence-electron chi connectivity index (χ0n) is 22.8. The third-order valence-corrected chi connectivity index (χ3v) is 7.49. The van der Waals surface area contributed by atoms with Crippen molar-refractivity contribution in [1.82, 2.24) is 39.6 Å². The Labute approximate surface area is 241 Å². The number of imidazole rings is 1. The summed E-state index contributed by atoms with van der Waals surface area (Å²) in [5.74, 6) is 1.54. The van der Waals surface area contributed by atoms with Crippen LogP contribution in [0.25, 0.3) is 34.1 Å². The van der Waals surface area contributed by atoms with Gasteiger partial charge in [0.05, 0.1) is 29.5 Å². The summed E-state index contributed by atoms with van der Waals surface area (Å²) in [5.41, 5.74) is 12.7. The van der Waals surface area contributed by atoms with Crippen LogP contribution in [0.4, 0.5) is 5.82 Å². The molecule has 208 valence electrons.